The second-order valence-electron chi connectivity index (χ2n) is 2.70. The van der Waals surface area contributed by atoms with Crippen molar-refractivity contribution < 1.29 is 9.31 Å². The van der Waals surface area contributed by atoms with Crippen molar-refractivity contribution in [1.29, 1.82) is 0 Å². The summed E-state index contributed by atoms with van der Waals surface area (Å²) in [5.74, 6) is 0. The van der Waals surface area contributed by atoms with Crippen LogP contribution < -0.4 is 0 Å². The summed E-state index contributed by atoms with van der Waals surface area (Å²) >= 11 is 0. The summed E-state index contributed by atoms with van der Waals surface area (Å²) in [5, 5.41) is 0. The van der Waals surface area contributed by atoms with Gasteiger partial charge in [-0.25, -0.2) is 4.58 Å². The molecular weight excluding hydrogens is 150 g/mol. The van der Waals surface area contributed by atoms with Crippen LogP contribution in [0.2, 0.25) is 0 Å². The summed E-state index contributed by atoms with van der Waals surface area (Å²) in [6.45, 7) is 10.9. The van der Waals surface area contributed by atoms with Gasteiger partial charge in [-0.3, -0.25) is 0 Å². The summed E-state index contributed by atoms with van der Waals surface area (Å²) in [7, 11) is 0. The van der Waals surface area contributed by atoms with Gasteiger partial charge in [-0.05, 0) is 20.8 Å². The van der Waals surface area contributed by atoms with Gasteiger partial charge in [-0.1, -0.05) is 6.58 Å². The Morgan fingerprint density at radius 3 is 2.58 bits per heavy atom. The van der Waals surface area contributed by atoms with E-state index in [1.807, 2.05) is 12.3 Å². The molecule has 0 aromatic heterocycles. The minimum Gasteiger partial charge on any atom is -0.473 e. The Balaban J connectivity index is 4.01. The smallest absolute Gasteiger partial charge is 0.166 e. The standard InChI is InChI=1S/C10H18NO/c1-5-11(10(3)4)8-7-9-12-6-2/h6-10H,2,5H2,1,3-4H3/q+1/b9-7+,11-8+. The van der Waals surface area contributed by atoms with Crippen LogP contribution in [-0.4, -0.2) is 23.4 Å². The maximum atomic E-state index is 4.83. The predicted molar refractivity (Wildman–Crippen MR) is 52.4 cm³/mol. The van der Waals surface area contributed by atoms with E-state index in [0.717, 1.165) is 6.54 Å². The number of allylic oxidation sites excluding steroid dienone is 1. The Morgan fingerprint density at radius 1 is 1.50 bits per heavy atom. The molecule has 0 atom stereocenters. The van der Waals surface area contributed by atoms with Gasteiger partial charge < -0.3 is 4.74 Å². The van der Waals surface area contributed by atoms with Crippen molar-refractivity contribution in [2.24, 2.45) is 0 Å². The lowest BCUT2D eigenvalue weighted by Gasteiger charge is -2.01. The van der Waals surface area contributed by atoms with E-state index < -0.39 is 0 Å². The lowest BCUT2D eigenvalue weighted by Crippen LogP contribution is -2.20. The van der Waals surface area contributed by atoms with Gasteiger partial charge in [-0.2, -0.15) is 0 Å². The van der Waals surface area contributed by atoms with E-state index in [-0.39, 0.29) is 0 Å². The second kappa shape index (κ2) is 6.65. The van der Waals surface area contributed by atoms with E-state index in [0.29, 0.717) is 6.04 Å². The molecule has 0 aromatic carbocycles. The summed E-state index contributed by atoms with van der Waals surface area (Å²) in [6, 6.07) is 0.531. The molecule has 2 heteroatoms. The fourth-order valence-electron chi connectivity index (χ4n) is 0.889. The first-order valence-electron chi connectivity index (χ1n) is 4.24. The molecule has 0 spiro atoms. The summed E-state index contributed by atoms with van der Waals surface area (Å²) < 4.78 is 7.04. The van der Waals surface area contributed by atoms with Crippen LogP contribution in [0, 0.1) is 0 Å². The highest BCUT2D eigenvalue weighted by Crippen LogP contribution is 1.86. The Bertz CT molecular complexity index is 180. The molecule has 0 radical (unpaired) electrons. The van der Waals surface area contributed by atoms with Gasteiger partial charge in [0, 0.05) is 6.08 Å². The number of hydrogen-bond acceptors (Lipinski definition) is 1. The molecule has 0 rings (SSSR count). The van der Waals surface area contributed by atoms with Crippen molar-refractivity contribution in [3.63, 3.8) is 0 Å². The zero-order valence-electron chi connectivity index (χ0n) is 8.16. The van der Waals surface area contributed by atoms with Crippen LogP contribution in [0.3, 0.4) is 0 Å². The van der Waals surface area contributed by atoms with Crippen LogP contribution in [-0.2, 0) is 4.74 Å². The van der Waals surface area contributed by atoms with Gasteiger partial charge in [0.05, 0.1) is 12.5 Å². The highest BCUT2D eigenvalue weighted by molar-refractivity contribution is 5.65. The van der Waals surface area contributed by atoms with Gasteiger partial charge in [-0.15, -0.1) is 0 Å². The maximum Gasteiger partial charge on any atom is 0.166 e. The normalized spacial score (nSPS) is 12.5. The minimum absolute atomic E-state index is 0.531. The SMILES string of the molecule is C=CO/C=C/C=[N+](\CC)C(C)C. The van der Waals surface area contributed by atoms with Crippen LogP contribution in [0.4, 0.5) is 0 Å². The Hall–Kier alpha value is -1.05. The third-order valence-electron chi connectivity index (χ3n) is 1.56. The largest absolute Gasteiger partial charge is 0.473 e. The second-order valence-corrected chi connectivity index (χ2v) is 2.70. The fourth-order valence-corrected chi connectivity index (χ4v) is 0.889. The number of ether oxygens (including phenoxy) is 1. The molecule has 0 aliphatic rings. The van der Waals surface area contributed by atoms with Gasteiger partial charge in [0.2, 0.25) is 0 Å². The van der Waals surface area contributed by atoms with Gasteiger partial charge in [0.15, 0.2) is 6.21 Å². The first-order chi connectivity index (χ1) is 5.72. The molecule has 0 fully saturated rings. The molecule has 0 aliphatic heterocycles. The summed E-state index contributed by atoms with van der Waals surface area (Å²) in [6.07, 6.45) is 6.88. The molecule has 2 nitrogen and oxygen atoms in total. The van der Waals surface area contributed by atoms with Crippen molar-refractivity contribution in [3.8, 4) is 0 Å². The fraction of sp³-hybridized carbons (Fsp3) is 0.500. The zero-order valence-corrected chi connectivity index (χ0v) is 8.16. The Labute approximate surface area is 74.9 Å². The third kappa shape index (κ3) is 4.72. The number of nitrogens with zero attached hydrogens (tertiary/aromatic N) is 1. The minimum atomic E-state index is 0.531. The molecule has 0 amide bonds. The summed E-state index contributed by atoms with van der Waals surface area (Å²) in [5.41, 5.74) is 0. The Kier molecular flexibility index (Phi) is 6.07. The van der Waals surface area contributed by atoms with Crippen molar-refractivity contribution in [1.82, 2.24) is 0 Å². The van der Waals surface area contributed by atoms with Crippen molar-refractivity contribution >= 4 is 6.21 Å². The van der Waals surface area contributed by atoms with E-state index in [2.05, 4.69) is 31.9 Å². The van der Waals surface area contributed by atoms with E-state index in [1.165, 1.54) is 6.26 Å². The highest BCUT2D eigenvalue weighted by Gasteiger charge is 2.02. The molecular formula is C10H18NO+. The van der Waals surface area contributed by atoms with Gasteiger partial charge in [0.1, 0.15) is 12.6 Å². The average Bonchev–Trinajstić information content (AvgIpc) is 2.04. The molecule has 68 valence electrons. The number of hydrogen-bond donors (Lipinski definition) is 0. The first-order valence-corrected chi connectivity index (χ1v) is 4.24. The monoisotopic (exact) mass is 168 g/mol. The zero-order chi connectivity index (χ0) is 9.40. The molecule has 0 saturated carbocycles. The van der Waals surface area contributed by atoms with Crippen LogP contribution >= 0.6 is 0 Å². The van der Waals surface area contributed by atoms with E-state index in [9.17, 15) is 0 Å². The van der Waals surface area contributed by atoms with Crippen molar-refractivity contribution in [3.05, 3.63) is 25.2 Å². The Morgan fingerprint density at radius 2 is 2.17 bits per heavy atom. The average molecular weight is 168 g/mol. The molecule has 0 heterocycles. The molecule has 0 N–H and O–H groups in total. The molecule has 0 aliphatic carbocycles. The quantitative estimate of drug-likeness (QED) is 0.348. The van der Waals surface area contributed by atoms with Crippen molar-refractivity contribution in [2.45, 2.75) is 26.8 Å². The maximum absolute atomic E-state index is 4.83. The topological polar surface area (TPSA) is 12.2 Å². The van der Waals surface area contributed by atoms with E-state index in [4.69, 9.17) is 4.74 Å². The van der Waals surface area contributed by atoms with Crippen LogP contribution in [0.15, 0.2) is 25.2 Å². The summed E-state index contributed by atoms with van der Waals surface area (Å²) in [4.78, 5) is 0. The molecule has 0 bridgehead atoms. The predicted octanol–water partition coefficient (Wildman–Crippen LogP) is 2.17. The number of rotatable bonds is 5. The third-order valence-corrected chi connectivity index (χ3v) is 1.56. The van der Waals surface area contributed by atoms with E-state index in [1.54, 1.807) is 6.26 Å². The van der Waals surface area contributed by atoms with Crippen LogP contribution in [0.5, 0.6) is 0 Å². The van der Waals surface area contributed by atoms with Crippen LogP contribution in [0.25, 0.3) is 0 Å². The van der Waals surface area contributed by atoms with Crippen molar-refractivity contribution in [2.75, 3.05) is 6.54 Å². The molecule has 12 heavy (non-hydrogen) atoms. The lowest BCUT2D eigenvalue weighted by atomic mass is 10.3. The van der Waals surface area contributed by atoms with E-state index >= 15 is 0 Å². The lowest BCUT2D eigenvalue weighted by molar-refractivity contribution is -0.550. The molecule has 0 aromatic rings. The molecule has 0 unspecified atom stereocenters. The van der Waals surface area contributed by atoms with Crippen LogP contribution in [0.1, 0.15) is 20.8 Å². The highest BCUT2D eigenvalue weighted by atomic mass is 16.5. The van der Waals surface area contributed by atoms with Gasteiger partial charge >= 0.3 is 0 Å². The first kappa shape index (κ1) is 11.0. The van der Waals surface area contributed by atoms with Gasteiger partial charge in [0.25, 0.3) is 0 Å². The molecule has 0 saturated heterocycles.